The predicted octanol–water partition coefficient (Wildman–Crippen LogP) is 12.0. The first-order valence-electron chi connectivity index (χ1n) is 16.7. The zero-order valence-electron chi connectivity index (χ0n) is 26.9. The van der Waals surface area contributed by atoms with E-state index in [1.165, 1.54) is 31.1 Å². The van der Waals surface area contributed by atoms with E-state index < -0.39 is 0 Å². The van der Waals surface area contributed by atoms with Crippen molar-refractivity contribution in [2.45, 2.75) is 0 Å². The smallest absolute Gasteiger partial charge is 0.166 e. The molecule has 10 aromatic rings. The van der Waals surface area contributed by atoms with Crippen LogP contribution in [0.3, 0.4) is 0 Å². The van der Waals surface area contributed by atoms with Gasteiger partial charge in [-0.15, -0.1) is 11.3 Å². The molecule has 0 unspecified atom stereocenters. The SMILES string of the molecule is c1ccc(-c2nc(-c3cccc(-c4ccc5c(c4)sc4ccccc45)c3)nc(-c3cccc4c5ccccc5n(-c5ccccc5)c34)n2)cc1. The highest BCUT2D eigenvalue weighted by atomic mass is 32.1. The molecule has 0 aliphatic carbocycles. The fraction of sp³-hybridized carbons (Fsp3) is 0. The molecule has 5 heteroatoms. The minimum Gasteiger partial charge on any atom is -0.309 e. The molecule has 7 aromatic carbocycles. The van der Waals surface area contributed by atoms with Gasteiger partial charge in [0.05, 0.1) is 11.0 Å². The Morgan fingerprint density at radius 3 is 1.84 bits per heavy atom. The van der Waals surface area contributed by atoms with Gasteiger partial charge in [-0.1, -0.05) is 127 Å². The first kappa shape index (κ1) is 28.6. The van der Waals surface area contributed by atoms with Gasteiger partial charge in [0.2, 0.25) is 0 Å². The molecular weight excluding hydrogens is 629 g/mol. The monoisotopic (exact) mass is 656 g/mol. The summed E-state index contributed by atoms with van der Waals surface area (Å²) < 4.78 is 4.92. The third-order valence-corrected chi connectivity index (χ3v) is 10.6. The lowest BCUT2D eigenvalue weighted by Crippen LogP contribution is -2.02. The average Bonchev–Trinajstić information content (AvgIpc) is 3.74. The van der Waals surface area contributed by atoms with Crippen LogP contribution in [-0.4, -0.2) is 19.5 Å². The molecule has 3 aromatic heterocycles. The maximum atomic E-state index is 5.23. The molecule has 0 amide bonds. The number of nitrogens with zero attached hydrogens (tertiary/aromatic N) is 4. The van der Waals surface area contributed by atoms with Crippen molar-refractivity contribution in [3.63, 3.8) is 0 Å². The first-order chi connectivity index (χ1) is 24.8. The molecule has 0 aliphatic rings. The van der Waals surface area contributed by atoms with Gasteiger partial charge in [0.15, 0.2) is 17.5 Å². The second-order valence-electron chi connectivity index (χ2n) is 12.5. The lowest BCUT2D eigenvalue weighted by molar-refractivity contribution is 1.07. The topological polar surface area (TPSA) is 43.6 Å². The molecule has 0 spiro atoms. The molecule has 0 aliphatic heterocycles. The van der Waals surface area contributed by atoms with Crippen molar-refractivity contribution < 1.29 is 0 Å². The second kappa shape index (κ2) is 11.6. The summed E-state index contributed by atoms with van der Waals surface area (Å²) in [6, 6.07) is 59.6. The Hall–Kier alpha value is -6.43. The number of para-hydroxylation sites is 3. The van der Waals surface area contributed by atoms with Crippen LogP contribution in [0.4, 0.5) is 0 Å². The molecule has 0 radical (unpaired) electrons. The van der Waals surface area contributed by atoms with Gasteiger partial charge >= 0.3 is 0 Å². The van der Waals surface area contributed by atoms with Gasteiger partial charge in [0, 0.05) is 53.3 Å². The van der Waals surface area contributed by atoms with Crippen LogP contribution in [0.2, 0.25) is 0 Å². The zero-order valence-corrected chi connectivity index (χ0v) is 27.7. The van der Waals surface area contributed by atoms with E-state index in [1.54, 1.807) is 0 Å². The number of thiophene rings is 1. The predicted molar refractivity (Wildman–Crippen MR) is 209 cm³/mol. The second-order valence-corrected chi connectivity index (χ2v) is 13.5. The van der Waals surface area contributed by atoms with Gasteiger partial charge in [0.1, 0.15) is 0 Å². The van der Waals surface area contributed by atoms with Crippen LogP contribution >= 0.6 is 11.3 Å². The molecule has 0 atom stereocenters. The van der Waals surface area contributed by atoms with E-state index in [-0.39, 0.29) is 0 Å². The Morgan fingerprint density at radius 2 is 0.980 bits per heavy atom. The van der Waals surface area contributed by atoms with Gasteiger partial charge in [-0.3, -0.25) is 0 Å². The molecular formula is C45H28N4S. The molecule has 50 heavy (non-hydrogen) atoms. The van der Waals surface area contributed by atoms with Crippen molar-refractivity contribution in [1.29, 1.82) is 0 Å². The number of hydrogen-bond donors (Lipinski definition) is 0. The molecule has 0 saturated carbocycles. The highest BCUT2D eigenvalue weighted by molar-refractivity contribution is 7.25. The molecule has 0 saturated heterocycles. The van der Waals surface area contributed by atoms with E-state index >= 15 is 0 Å². The highest BCUT2D eigenvalue weighted by Crippen LogP contribution is 2.39. The maximum Gasteiger partial charge on any atom is 0.166 e. The summed E-state index contributed by atoms with van der Waals surface area (Å²) in [7, 11) is 0. The first-order valence-corrected chi connectivity index (χ1v) is 17.5. The summed E-state index contributed by atoms with van der Waals surface area (Å²) >= 11 is 1.84. The van der Waals surface area contributed by atoms with Crippen molar-refractivity contribution >= 4 is 53.3 Å². The molecule has 0 fully saturated rings. The van der Waals surface area contributed by atoms with E-state index in [0.29, 0.717) is 17.5 Å². The number of hydrogen-bond acceptors (Lipinski definition) is 4. The summed E-state index contributed by atoms with van der Waals surface area (Å²) in [6.45, 7) is 0. The van der Waals surface area contributed by atoms with Crippen molar-refractivity contribution in [2.24, 2.45) is 0 Å². The van der Waals surface area contributed by atoms with Crippen molar-refractivity contribution in [2.75, 3.05) is 0 Å². The van der Waals surface area contributed by atoms with E-state index in [2.05, 4.69) is 156 Å². The summed E-state index contributed by atoms with van der Waals surface area (Å²) in [5.41, 5.74) is 8.43. The molecule has 4 nitrogen and oxygen atoms in total. The van der Waals surface area contributed by atoms with Crippen LogP contribution < -0.4 is 0 Å². The van der Waals surface area contributed by atoms with Gasteiger partial charge in [0.25, 0.3) is 0 Å². The normalized spacial score (nSPS) is 11.6. The molecule has 3 heterocycles. The van der Waals surface area contributed by atoms with Gasteiger partial charge in [-0.2, -0.15) is 0 Å². The van der Waals surface area contributed by atoms with Gasteiger partial charge < -0.3 is 4.57 Å². The molecule has 234 valence electrons. The molecule has 10 rings (SSSR count). The number of aromatic nitrogens is 4. The largest absolute Gasteiger partial charge is 0.309 e. The van der Waals surface area contributed by atoms with Crippen LogP contribution in [0.15, 0.2) is 170 Å². The van der Waals surface area contributed by atoms with Crippen LogP contribution in [0.1, 0.15) is 0 Å². The highest BCUT2D eigenvalue weighted by Gasteiger charge is 2.20. The van der Waals surface area contributed by atoms with E-state index in [4.69, 9.17) is 15.0 Å². The summed E-state index contributed by atoms with van der Waals surface area (Å²) in [4.78, 5) is 15.5. The van der Waals surface area contributed by atoms with Gasteiger partial charge in [-0.25, -0.2) is 15.0 Å². The number of fused-ring (bicyclic) bond motifs is 6. The Balaban J connectivity index is 1.18. The minimum absolute atomic E-state index is 0.636. The van der Waals surface area contributed by atoms with E-state index in [0.717, 1.165) is 44.4 Å². The number of rotatable bonds is 5. The quantitative estimate of drug-likeness (QED) is 0.185. The third-order valence-electron chi connectivity index (χ3n) is 9.45. The maximum absolute atomic E-state index is 5.23. The van der Waals surface area contributed by atoms with Crippen LogP contribution in [0, 0.1) is 0 Å². The van der Waals surface area contributed by atoms with Crippen molar-refractivity contribution in [3.05, 3.63) is 170 Å². The van der Waals surface area contributed by atoms with Crippen LogP contribution in [-0.2, 0) is 0 Å². The molecule has 0 N–H and O–H groups in total. The van der Waals surface area contributed by atoms with Crippen molar-refractivity contribution in [3.8, 4) is 51.0 Å². The lowest BCUT2D eigenvalue weighted by Gasteiger charge is -2.13. The Morgan fingerprint density at radius 1 is 0.380 bits per heavy atom. The lowest BCUT2D eigenvalue weighted by atomic mass is 10.0. The standard InChI is InChI=1S/C45H28N4S/c1-3-13-29(14-4-1)43-46-44(32-16-11-15-30(27-32)31-25-26-36-35-20-8-10-24-40(35)50-41(36)28-31)48-45(47-43)38-22-12-21-37-34-19-7-9-23-39(34)49(42(37)38)33-17-5-2-6-18-33/h1-28H. The summed E-state index contributed by atoms with van der Waals surface area (Å²) in [5, 5.41) is 4.94. The van der Waals surface area contributed by atoms with Crippen LogP contribution in [0.5, 0.6) is 0 Å². The summed E-state index contributed by atoms with van der Waals surface area (Å²) in [5.74, 6) is 1.91. The fourth-order valence-electron chi connectivity index (χ4n) is 7.13. The minimum atomic E-state index is 0.636. The molecule has 0 bridgehead atoms. The zero-order chi connectivity index (χ0) is 33.0. The Bertz CT molecular complexity index is 2870. The summed E-state index contributed by atoms with van der Waals surface area (Å²) in [6.07, 6.45) is 0. The van der Waals surface area contributed by atoms with Crippen LogP contribution in [0.25, 0.3) is 93.0 Å². The van der Waals surface area contributed by atoms with E-state index in [1.807, 2.05) is 29.5 Å². The van der Waals surface area contributed by atoms with E-state index in [9.17, 15) is 0 Å². The Kier molecular flexibility index (Phi) is 6.64. The average molecular weight is 657 g/mol. The van der Waals surface area contributed by atoms with Gasteiger partial charge in [-0.05, 0) is 53.6 Å². The Labute approximate surface area is 292 Å². The number of benzene rings is 7. The third kappa shape index (κ3) is 4.71. The van der Waals surface area contributed by atoms with Crippen molar-refractivity contribution in [1.82, 2.24) is 19.5 Å². The fourth-order valence-corrected chi connectivity index (χ4v) is 8.27.